The molecule has 0 saturated heterocycles. The Morgan fingerprint density at radius 2 is 1.83 bits per heavy atom. The van der Waals surface area contributed by atoms with Gasteiger partial charge in [-0.05, 0) is 60.4 Å². The Morgan fingerprint density at radius 1 is 1.14 bits per heavy atom. The van der Waals surface area contributed by atoms with Crippen LogP contribution in [0.4, 0.5) is 13.2 Å². The molecule has 156 valence electrons. The van der Waals surface area contributed by atoms with Crippen molar-refractivity contribution in [3.63, 3.8) is 0 Å². The van der Waals surface area contributed by atoms with Crippen LogP contribution in [0.15, 0.2) is 47.6 Å². The Hall–Kier alpha value is -3.03. The minimum atomic E-state index is -4.37. The van der Waals surface area contributed by atoms with E-state index >= 15 is 0 Å². The summed E-state index contributed by atoms with van der Waals surface area (Å²) in [4.78, 5) is 16.0. The Balaban J connectivity index is 2.07. The van der Waals surface area contributed by atoms with E-state index in [1.54, 1.807) is 19.1 Å². The molecule has 2 aromatic rings. The van der Waals surface area contributed by atoms with Crippen molar-refractivity contribution in [2.24, 2.45) is 5.16 Å². The van der Waals surface area contributed by atoms with Crippen LogP contribution >= 0.6 is 0 Å². The maximum atomic E-state index is 12.6. The van der Waals surface area contributed by atoms with Gasteiger partial charge in [0.05, 0.1) is 11.3 Å². The van der Waals surface area contributed by atoms with Gasteiger partial charge >= 0.3 is 12.1 Å². The van der Waals surface area contributed by atoms with Crippen LogP contribution in [0.3, 0.4) is 0 Å². The molecular formula is C21H22F3NO4. The molecule has 0 bridgehead atoms. The van der Waals surface area contributed by atoms with Gasteiger partial charge in [0.2, 0.25) is 0 Å². The number of aryl methyl sites for hydroxylation is 1. The summed E-state index contributed by atoms with van der Waals surface area (Å²) in [5.41, 5.74) is 2.12. The molecule has 0 amide bonds. The van der Waals surface area contributed by atoms with Gasteiger partial charge in [-0.25, -0.2) is 4.79 Å². The lowest BCUT2D eigenvalue weighted by atomic mass is 10.0. The van der Waals surface area contributed by atoms with Crippen molar-refractivity contribution in [1.29, 1.82) is 0 Å². The van der Waals surface area contributed by atoms with Crippen molar-refractivity contribution >= 4 is 11.7 Å². The molecule has 0 aromatic heterocycles. The largest absolute Gasteiger partial charge is 0.482 e. The summed E-state index contributed by atoms with van der Waals surface area (Å²) in [6.45, 7) is 3.41. The molecule has 0 radical (unpaired) electrons. The van der Waals surface area contributed by atoms with E-state index in [1.807, 2.05) is 13.0 Å². The summed E-state index contributed by atoms with van der Waals surface area (Å²) in [6.07, 6.45) is -2.91. The van der Waals surface area contributed by atoms with Gasteiger partial charge < -0.3 is 14.7 Å². The van der Waals surface area contributed by atoms with Gasteiger partial charge in [0.15, 0.2) is 6.61 Å². The third-order valence-corrected chi connectivity index (χ3v) is 4.03. The van der Waals surface area contributed by atoms with Crippen LogP contribution < -0.4 is 4.74 Å². The van der Waals surface area contributed by atoms with Crippen molar-refractivity contribution < 1.29 is 32.6 Å². The summed E-state index contributed by atoms with van der Waals surface area (Å²) >= 11 is 0. The van der Waals surface area contributed by atoms with Crippen molar-refractivity contribution in [2.75, 3.05) is 6.61 Å². The van der Waals surface area contributed by atoms with E-state index in [9.17, 15) is 18.0 Å². The predicted octanol–water partition coefficient (Wildman–Crippen LogP) is 5.20. The van der Waals surface area contributed by atoms with Crippen molar-refractivity contribution in [2.45, 2.75) is 39.5 Å². The Labute approximate surface area is 166 Å². The highest BCUT2D eigenvalue weighted by Gasteiger charge is 2.29. The molecule has 0 aliphatic heterocycles. The fourth-order valence-electron chi connectivity index (χ4n) is 2.58. The van der Waals surface area contributed by atoms with Gasteiger partial charge in [-0.1, -0.05) is 30.6 Å². The molecule has 0 fully saturated rings. The standard InChI is InChI=1S/C21H22F3NO4/c1-3-4-18(16-7-10-19(14(2)11-16)28-13-20(26)27)25-29-12-15-5-8-17(9-6-15)21(22,23)24/h5-11H,3-4,12-13H2,1-2H3,(H,26,27)/b25-18-. The Kier molecular flexibility index (Phi) is 7.64. The zero-order valence-electron chi connectivity index (χ0n) is 16.1. The number of hydrogen-bond donors (Lipinski definition) is 1. The number of halogens is 3. The second-order valence-electron chi connectivity index (χ2n) is 6.42. The molecule has 0 spiro atoms. The number of alkyl halides is 3. The lowest BCUT2D eigenvalue weighted by molar-refractivity contribution is -0.139. The first kappa shape index (κ1) is 22.3. The Bertz CT molecular complexity index is 861. The molecule has 2 aromatic carbocycles. The average Bonchev–Trinajstić information content (AvgIpc) is 2.66. The van der Waals surface area contributed by atoms with Gasteiger partial charge in [0, 0.05) is 0 Å². The maximum Gasteiger partial charge on any atom is 0.416 e. The first-order chi connectivity index (χ1) is 13.7. The monoisotopic (exact) mass is 409 g/mol. The minimum absolute atomic E-state index is 0.0458. The minimum Gasteiger partial charge on any atom is -0.482 e. The molecule has 2 rings (SSSR count). The fourth-order valence-corrected chi connectivity index (χ4v) is 2.58. The zero-order valence-corrected chi connectivity index (χ0v) is 16.1. The molecule has 0 saturated carbocycles. The van der Waals surface area contributed by atoms with E-state index in [0.29, 0.717) is 23.4 Å². The lowest BCUT2D eigenvalue weighted by Crippen LogP contribution is -2.10. The van der Waals surface area contributed by atoms with Crippen LogP contribution in [0.2, 0.25) is 0 Å². The number of nitrogens with zero attached hydrogens (tertiary/aromatic N) is 1. The predicted molar refractivity (Wildman–Crippen MR) is 102 cm³/mol. The number of ether oxygens (including phenoxy) is 1. The van der Waals surface area contributed by atoms with Crippen molar-refractivity contribution in [3.05, 3.63) is 64.7 Å². The quantitative estimate of drug-likeness (QED) is 0.457. The van der Waals surface area contributed by atoms with Gasteiger partial charge in [-0.3, -0.25) is 0 Å². The highest BCUT2D eigenvalue weighted by Crippen LogP contribution is 2.29. The summed E-state index contributed by atoms with van der Waals surface area (Å²) in [5.74, 6) is -0.587. The van der Waals surface area contributed by atoms with Crippen LogP contribution in [0.1, 0.15) is 42.0 Å². The molecule has 1 N–H and O–H groups in total. The molecule has 0 unspecified atom stereocenters. The number of aliphatic carboxylic acids is 1. The Morgan fingerprint density at radius 3 is 2.38 bits per heavy atom. The second kappa shape index (κ2) is 9.95. The molecule has 0 aliphatic rings. The van der Waals surface area contributed by atoms with E-state index in [1.165, 1.54) is 12.1 Å². The van der Waals surface area contributed by atoms with E-state index in [-0.39, 0.29) is 6.61 Å². The normalized spacial score (nSPS) is 12.0. The van der Waals surface area contributed by atoms with Gasteiger partial charge in [0.25, 0.3) is 0 Å². The number of carboxylic acids is 1. The maximum absolute atomic E-state index is 12.6. The second-order valence-corrected chi connectivity index (χ2v) is 6.42. The first-order valence-electron chi connectivity index (χ1n) is 9.01. The SMILES string of the molecule is CCC/C(=N/OCc1ccc(C(F)(F)F)cc1)c1ccc(OCC(=O)O)c(C)c1. The average molecular weight is 409 g/mol. The zero-order chi connectivity index (χ0) is 21.4. The molecule has 0 aliphatic carbocycles. The molecule has 29 heavy (non-hydrogen) atoms. The highest BCUT2D eigenvalue weighted by atomic mass is 19.4. The number of benzene rings is 2. The summed E-state index contributed by atoms with van der Waals surface area (Å²) in [6, 6.07) is 10.00. The number of carbonyl (C=O) groups is 1. The molecule has 0 heterocycles. The number of oxime groups is 1. The van der Waals surface area contributed by atoms with Crippen LogP contribution in [-0.4, -0.2) is 23.4 Å². The summed E-state index contributed by atoms with van der Waals surface area (Å²) in [5, 5.41) is 12.9. The van der Waals surface area contributed by atoms with Gasteiger partial charge in [-0.15, -0.1) is 0 Å². The van der Waals surface area contributed by atoms with Crippen LogP contribution in [0.5, 0.6) is 5.75 Å². The third-order valence-electron chi connectivity index (χ3n) is 4.03. The number of rotatable bonds is 9. The lowest BCUT2D eigenvalue weighted by Gasteiger charge is -2.11. The molecular weight excluding hydrogens is 387 g/mol. The van der Waals surface area contributed by atoms with Gasteiger partial charge in [-0.2, -0.15) is 13.2 Å². The van der Waals surface area contributed by atoms with Crippen LogP contribution in [-0.2, 0) is 22.4 Å². The van der Waals surface area contributed by atoms with Crippen molar-refractivity contribution in [1.82, 2.24) is 0 Å². The molecule has 8 heteroatoms. The summed E-state index contributed by atoms with van der Waals surface area (Å²) < 4.78 is 43.0. The van der Waals surface area contributed by atoms with Crippen LogP contribution in [0, 0.1) is 6.92 Å². The first-order valence-corrected chi connectivity index (χ1v) is 9.01. The van der Waals surface area contributed by atoms with Gasteiger partial charge in [0.1, 0.15) is 12.4 Å². The van der Waals surface area contributed by atoms with E-state index in [0.717, 1.165) is 29.7 Å². The number of hydrogen-bond acceptors (Lipinski definition) is 4. The van der Waals surface area contributed by atoms with E-state index < -0.39 is 24.3 Å². The van der Waals surface area contributed by atoms with Crippen molar-refractivity contribution in [3.8, 4) is 5.75 Å². The smallest absolute Gasteiger partial charge is 0.416 e. The fraction of sp³-hybridized carbons (Fsp3) is 0.333. The molecule has 5 nitrogen and oxygen atoms in total. The van der Waals surface area contributed by atoms with Crippen LogP contribution in [0.25, 0.3) is 0 Å². The van der Waals surface area contributed by atoms with E-state index in [4.69, 9.17) is 14.7 Å². The number of carboxylic acid groups (broad SMARTS) is 1. The summed E-state index contributed by atoms with van der Waals surface area (Å²) in [7, 11) is 0. The molecule has 0 atom stereocenters. The van der Waals surface area contributed by atoms with E-state index in [2.05, 4.69) is 5.16 Å². The highest BCUT2D eigenvalue weighted by molar-refractivity contribution is 6.00. The topological polar surface area (TPSA) is 68.1 Å². The third kappa shape index (κ3) is 6.81.